The van der Waals surface area contributed by atoms with E-state index in [-0.39, 0.29) is 11.3 Å². The van der Waals surface area contributed by atoms with Gasteiger partial charge in [0, 0.05) is 31.7 Å². The highest BCUT2D eigenvalue weighted by atomic mass is 16.5. The van der Waals surface area contributed by atoms with E-state index in [4.69, 9.17) is 18.9 Å². The number of nitrogens with zero attached hydrogens (tertiary/aromatic N) is 2. The molecule has 1 atom stereocenters. The van der Waals surface area contributed by atoms with Gasteiger partial charge in [-0.1, -0.05) is 25.6 Å². The van der Waals surface area contributed by atoms with E-state index in [9.17, 15) is 14.7 Å². The molecule has 41 heavy (non-hydrogen) atoms. The number of ether oxygens (including phenoxy) is 4. The highest BCUT2D eigenvalue weighted by molar-refractivity contribution is 6.46. The summed E-state index contributed by atoms with van der Waals surface area (Å²) in [5, 5.41) is 11.5. The van der Waals surface area contributed by atoms with Crippen LogP contribution in [0.1, 0.15) is 42.5 Å². The SMILES string of the molecule is C=CCOc1ccc(C2/C(=C(\O)c3ccc(OCCC)c(C)c3)C(=O)C(=O)N2CCCN2CCOCC2)cc1OC. The van der Waals surface area contributed by atoms with Crippen LogP contribution in [0.4, 0.5) is 0 Å². The molecule has 2 aromatic rings. The van der Waals surface area contributed by atoms with Gasteiger partial charge < -0.3 is 29.0 Å². The zero-order chi connectivity index (χ0) is 29.4. The Balaban J connectivity index is 1.72. The number of likely N-dealkylation sites (tertiary alicyclic amines) is 1. The molecular weight excluding hydrogens is 524 g/mol. The van der Waals surface area contributed by atoms with E-state index < -0.39 is 17.7 Å². The molecule has 2 fully saturated rings. The normalized spacial score (nSPS) is 18.9. The lowest BCUT2D eigenvalue weighted by atomic mass is 9.94. The summed E-state index contributed by atoms with van der Waals surface area (Å²) in [5.41, 5.74) is 1.95. The molecule has 0 saturated carbocycles. The van der Waals surface area contributed by atoms with Gasteiger partial charge in [0.15, 0.2) is 11.5 Å². The Kier molecular flexibility index (Phi) is 10.4. The van der Waals surface area contributed by atoms with Crippen LogP contribution in [-0.4, -0.2) is 86.3 Å². The minimum absolute atomic E-state index is 0.0461. The number of carbonyl (C=O) groups excluding carboxylic acids is 2. The van der Waals surface area contributed by atoms with Crippen molar-refractivity contribution in [2.75, 3.05) is 59.7 Å². The molecule has 0 aromatic heterocycles. The molecule has 9 heteroatoms. The van der Waals surface area contributed by atoms with Crippen molar-refractivity contribution in [3.05, 3.63) is 71.3 Å². The van der Waals surface area contributed by atoms with Crippen LogP contribution < -0.4 is 14.2 Å². The molecule has 4 rings (SSSR count). The van der Waals surface area contributed by atoms with Crippen molar-refractivity contribution in [3.63, 3.8) is 0 Å². The lowest BCUT2D eigenvalue weighted by molar-refractivity contribution is -0.140. The van der Waals surface area contributed by atoms with Gasteiger partial charge in [-0.3, -0.25) is 14.5 Å². The maximum atomic E-state index is 13.5. The summed E-state index contributed by atoms with van der Waals surface area (Å²) < 4.78 is 22.5. The Labute approximate surface area is 241 Å². The molecule has 0 bridgehead atoms. The molecule has 2 saturated heterocycles. The van der Waals surface area contributed by atoms with Crippen LogP contribution in [0.2, 0.25) is 0 Å². The molecule has 9 nitrogen and oxygen atoms in total. The third-order valence-electron chi connectivity index (χ3n) is 7.29. The standard InChI is InChI=1S/C32H40N2O7/c1-5-16-40-25-10-9-24(20-22(25)3)30(35)28-29(23-8-11-26(41-17-6-2)27(21-23)38-4)34(32(37)31(28)36)13-7-12-33-14-18-39-19-15-33/h6,8-11,20-21,29,35H,2,5,7,12-19H2,1,3-4H3/b30-28+. The zero-order valence-corrected chi connectivity index (χ0v) is 24.2. The van der Waals surface area contributed by atoms with E-state index in [2.05, 4.69) is 11.5 Å². The minimum atomic E-state index is -0.793. The fraction of sp³-hybridized carbons (Fsp3) is 0.438. The maximum Gasteiger partial charge on any atom is 0.295 e. The van der Waals surface area contributed by atoms with Gasteiger partial charge in [0.25, 0.3) is 11.7 Å². The first-order chi connectivity index (χ1) is 19.9. The second-order valence-corrected chi connectivity index (χ2v) is 10.1. The van der Waals surface area contributed by atoms with E-state index in [0.29, 0.717) is 67.8 Å². The van der Waals surface area contributed by atoms with Crippen LogP contribution in [0.5, 0.6) is 17.2 Å². The predicted octanol–water partition coefficient (Wildman–Crippen LogP) is 4.50. The van der Waals surface area contributed by atoms with Crippen LogP contribution in [-0.2, 0) is 14.3 Å². The van der Waals surface area contributed by atoms with Gasteiger partial charge in [-0.25, -0.2) is 0 Å². The van der Waals surface area contributed by atoms with Crippen molar-refractivity contribution in [1.29, 1.82) is 0 Å². The summed E-state index contributed by atoms with van der Waals surface area (Å²) in [5.74, 6) is 0.108. The number of aryl methyl sites for hydroxylation is 1. The number of hydrogen-bond acceptors (Lipinski definition) is 8. The summed E-state index contributed by atoms with van der Waals surface area (Å²) in [4.78, 5) is 30.8. The molecule has 2 aliphatic rings. The van der Waals surface area contributed by atoms with Crippen LogP contribution in [0, 0.1) is 6.92 Å². The summed E-state index contributed by atoms with van der Waals surface area (Å²) in [6.07, 6.45) is 3.18. The van der Waals surface area contributed by atoms with Crippen molar-refractivity contribution < 1.29 is 33.6 Å². The number of Topliss-reactive ketones (excluding diaryl/α,β-unsaturated/α-hetero) is 1. The van der Waals surface area contributed by atoms with Gasteiger partial charge >= 0.3 is 0 Å². The third kappa shape index (κ3) is 6.92. The molecular formula is C32H40N2O7. The van der Waals surface area contributed by atoms with Crippen molar-refractivity contribution in [2.24, 2.45) is 0 Å². The molecule has 2 heterocycles. The van der Waals surface area contributed by atoms with Gasteiger partial charge in [-0.05, 0) is 61.2 Å². The van der Waals surface area contributed by atoms with Crippen LogP contribution in [0.3, 0.4) is 0 Å². The lowest BCUT2D eigenvalue weighted by Gasteiger charge is -2.29. The lowest BCUT2D eigenvalue weighted by Crippen LogP contribution is -2.39. The molecule has 1 N–H and O–H groups in total. The molecule has 2 aromatic carbocycles. The first-order valence-corrected chi connectivity index (χ1v) is 14.1. The first kappa shape index (κ1) is 30.1. The van der Waals surface area contributed by atoms with Crippen LogP contribution >= 0.6 is 0 Å². The van der Waals surface area contributed by atoms with E-state index >= 15 is 0 Å². The van der Waals surface area contributed by atoms with Gasteiger partial charge in [-0.15, -0.1) is 0 Å². The number of amides is 1. The van der Waals surface area contributed by atoms with Crippen molar-refractivity contribution in [3.8, 4) is 17.2 Å². The fourth-order valence-electron chi connectivity index (χ4n) is 5.20. The molecule has 0 spiro atoms. The number of rotatable bonds is 13. The fourth-order valence-corrected chi connectivity index (χ4v) is 5.20. The number of carbonyl (C=O) groups is 2. The van der Waals surface area contributed by atoms with Crippen LogP contribution in [0.15, 0.2) is 54.6 Å². The number of ketones is 1. The van der Waals surface area contributed by atoms with Gasteiger partial charge in [0.05, 0.1) is 38.5 Å². The first-order valence-electron chi connectivity index (χ1n) is 14.1. The summed E-state index contributed by atoms with van der Waals surface area (Å²) in [6, 6.07) is 9.77. The minimum Gasteiger partial charge on any atom is -0.507 e. The number of hydrogen-bond donors (Lipinski definition) is 1. The molecule has 2 aliphatic heterocycles. The average molecular weight is 565 g/mol. The average Bonchev–Trinajstić information content (AvgIpc) is 3.24. The Morgan fingerprint density at radius 2 is 1.83 bits per heavy atom. The molecule has 0 aliphatic carbocycles. The second kappa shape index (κ2) is 14.2. The number of aliphatic hydroxyl groups excluding tert-OH is 1. The number of benzene rings is 2. The highest BCUT2D eigenvalue weighted by Crippen LogP contribution is 2.42. The predicted molar refractivity (Wildman–Crippen MR) is 157 cm³/mol. The quantitative estimate of drug-likeness (QED) is 0.164. The smallest absolute Gasteiger partial charge is 0.295 e. The maximum absolute atomic E-state index is 13.5. The number of aliphatic hydroxyl groups is 1. The van der Waals surface area contributed by atoms with Gasteiger partial charge in [-0.2, -0.15) is 0 Å². The monoisotopic (exact) mass is 564 g/mol. The number of methoxy groups -OCH3 is 1. The van der Waals surface area contributed by atoms with E-state index in [1.165, 1.54) is 7.11 Å². The largest absolute Gasteiger partial charge is 0.507 e. The molecule has 220 valence electrons. The molecule has 1 unspecified atom stereocenters. The van der Waals surface area contributed by atoms with Crippen molar-refractivity contribution in [1.82, 2.24) is 9.80 Å². The molecule has 0 radical (unpaired) electrons. The zero-order valence-electron chi connectivity index (χ0n) is 24.2. The van der Waals surface area contributed by atoms with E-state index in [1.54, 1.807) is 47.4 Å². The summed E-state index contributed by atoms with van der Waals surface area (Å²) in [7, 11) is 1.53. The summed E-state index contributed by atoms with van der Waals surface area (Å²) >= 11 is 0. The van der Waals surface area contributed by atoms with Crippen molar-refractivity contribution >= 4 is 17.4 Å². The van der Waals surface area contributed by atoms with Crippen molar-refractivity contribution in [2.45, 2.75) is 32.7 Å². The van der Waals surface area contributed by atoms with Crippen LogP contribution in [0.25, 0.3) is 5.76 Å². The summed E-state index contributed by atoms with van der Waals surface area (Å²) in [6.45, 7) is 12.6. The Morgan fingerprint density at radius 3 is 2.51 bits per heavy atom. The van der Waals surface area contributed by atoms with E-state index in [0.717, 1.165) is 31.6 Å². The third-order valence-corrected chi connectivity index (χ3v) is 7.29. The Morgan fingerprint density at radius 1 is 1.07 bits per heavy atom. The van der Waals surface area contributed by atoms with E-state index in [1.807, 2.05) is 13.8 Å². The van der Waals surface area contributed by atoms with Gasteiger partial charge in [0.2, 0.25) is 0 Å². The topological polar surface area (TPSA) is 97.8 Å². The second-order valence-electron chi connectivity index (χ2n) is 10.1. The van der Waals surface area contributed by atoms with Gasteiger partial charge in [0.1, 0.15) is 18.1 Å². The Hall–Kier alpha value is -3.82. The highest BCUT2D eigenvalue weighted by Gasteiger charge is 2.46. The number of morpholine rings is 1. The molecule has 1 amide bonds. The Bertz CT molecular complexity index is 1280.